The van der Waals surface area contributed by atoms with Gasteiger partial charge in [-0.3, -0.25) is 9.59 Å². The molecule has 1 unspecified atom stereocenters. The predicted octanol–water partition coefficient (Wildman–Crippen LogP) is 0.911. The van der Waals surface area contributed by atoms with Gasteiger partial charge in [0.25, 0.3) is 0 Å². The van der Waals surface area contributed by atoms with Gasteiger partial charge in [-0.25, -0.2) is 0 Å². The second kappa shape index (κ2) is 7.48. The van der Waals surface area contributed by atoms with Gasteiger partial charge in [-0.2, -0.15) is 0 Å². The number of carbonyl (C=O) groups is 2. The van der Waals surface area contributed by atoms with Crippen molar-refractivity contribution >= 4 is 11.8 Å². The lowest BCUT2D eigenvalue weighted by Gasteiger charge is -2.29. The van der Waals surface area contributed by atoms with Crippen LogP contribution in [-0.2, 0) is 9.59 Å². The van der Waals surface area contributed by atoms with Crippen molar-refractivity contribution in [2.24, 2.45) is 5.92 Å². The molecule has 2 atom stereocenters. The SMILES string of the molecule is CC(C)C(O)CC(=O)N[C@@H](C)C(=O)N1CCCCC1. The van der Waals surface area contributed by atoms with E-state index in [0.29, 0.717) is 0 Å². The van der Waals surface area contributed by atoms with Gasteiger partial charge in [-0.1, -0.05) is 13.8 Å². The summed E-state index contributed by atoms with van der Waals surface area (Å²) in [5.74, 6) is -0.245. The van der Waals surface area contributed by atoms with E-state index in [1.54, 1.807) is 6.92 Å². The molecule has 0 saturated carbocycles. The Balaban J connectivity index is 2.38. The molecule has 0 radical (unpaired) electrons. The first-order valence-electron chi connectivity index (χ1n) is 7.18. The molecule has 1 fully saturated rings. The third-order valence-electron chi connectivity index (χ3n) is 3.58. The van der Waals surface area contributed by atoms with Gasteiger partial charge in [0, 0.05) is 13.1 Å². The minimum Gasteiger partial charge on any atom is -0.392 e. The molecule has 110 valence electrons. The second-order valence-electron chi connectivity index (χ2n) is 5.69. The van der Waals surface area contributed by atoms with Gasteiger partial charge >= 0.3 is 0 Å². The van der Waals surface area contributed by atoms with Crippen LogP contribution in [0.2, 0.25) is 0 Å². The molecule has 2 amide bonds. The molecular weight excluding hydrogens is 244 g/mol. The topological polar surface area (TPSA) is 69.6 Å². The highest BCUT2D eigenvalue weighted by Crippen LogP contribution is 2.10. The van der Waals surface area contributed by atoms with Crippen molar-refractivity contribution in [3.8, 4) is 0 Å². The fraction of sp³-hybridized carbons (Fsp3) is 0.857. The third kappa shape index (κ3) is 5.19. The quantitative estimate of drug-likeness (QED) is 0.780. The molecule has 5 nitrogen and oxygen atoms in total. The molecule has 2 N–H and O–H groups in total. The van der Waals surface area contributed by atoms with Crippen LogP contribution in [0.5, 0.6) is 0 Å². The van der Waals surface area contributed by atoms with Crippen molar-refractivity contribution < 1.29 is 14.7 Å². The van der Waals surface area contributed by atoms with Crippen LogP contribution in [0.15, 0.2) is 0 Å². The van der Waals surface area contributed by atoms with Crippen LogP contribution in [0, 0.1) is 5.92 Å². The first-order valence-corrected chi connectivity index (χ1v) is 7.18. The largest absolute Gasteiger partial charge is 0.392 e. The molecule has 1 aliphatic rings. The van der Waals surface area contributed by atoms with Crippen LogP contribution >= 0.6 is 0 Å². The lowest BCUT2D eigenvalue weighted by molar-refractivity contribution is -0.137. The van der Waals surface area contributed by atoms with Gasteiger partial charge in [0.15, 0.2) is 0 Å². The summed E-state index contributed by atoms with van der Waals surface area (Å²) >= 11 is 0. The highest BCUT2D eigenvalue weighted by molar-refractivity contribution is 5.87. The summed E-state index contributed by atoms with van der Waals surface area (Å²) < 4.78 is 0. The molecular formula is C14H26N2O3. The Morgan fingerprint density at radius 2 is 1.74 bits per heavy atom. The van der Waals surface area contributed by atoms with E-state index in [0.717, 1.165) is 25.9 Å². The van der Waals surface area contributed by atoms with E-state index in [1.165, 1.54) is 6.42 Å². The average molecular weight is 270 g/mol. The number of rotatable bonds is 5. The molecule has 0 spiro atoms. The van der Waals surface area contributed by atoms with Crippen molar-refractivity contribution in [2.45, 2.75) is 58.6 Å². The monoisotopic (exact) mass is 270 g/mol. The molecule has 1 saturated heterocycles. The Morgan fingerprint density at radius 1 is 1.16 bits per heavy atom. The molecule has 19 heavy (non-hydrogen) atoms. The summed E-state index contributed by atoms with van der Waals surface area (Å²) in [5.41, 5.74) is 0. The smallest absolute Gasteiger partial charge is 0.244 e. The normalized spacial score (nSPS) is 19.1. The van der Waals surface area contributed by atoms with Crippen LogP contribution < -0.4 is 5.32 Å². The zero-order chi connectivity index (χ0) is 14.4. The molecule has 1 rings (SSSR count). The van der Waals surface area contributed by atoms with Crippen molar-refractivity contribution in [3.05, 3.63) is 0 Å². The van der Waals surface area contributed by atoms with E-state index in [-0.39, 0.29) is 24.2 Å². The Kier molecular flexibility index (Phi) is 6.28. The fourth-order valence-corrected chi connectivity index (χ4v) is 2.18. The Morgan fingerprint density at radius 3 is 2.26 bits per heavy atom. The summed E-state index contributed by atoms with van der Waals surface area (Å²) in [4.78, 5) is 25.6. The number of aliphatic hydroxyl groups excluding tert-OH is 1. The zero-order valence-corrected chi connectivity index (χ0v) is 12.2. The molecule has 0 aliphatic carbocycles. The maximum absolute atomic E-state index is 12.1. The number of nitrogens with one attached hydrogen (secondary N) is 1. The summed E-state index contributed by atoms with van der Waals surface area (Å²) in [6, 6.07) is -0.509. The Bertz CT molecular complexity index is 312. The van der Waals surface area contributed by atoms with E-state index < -0.39 is 12.1 Å². The molecule has 0 aromatic rings. The number of aliphatic hydroxyl groups is 1. The number of piperidine rings is 1. The van der Waals surface area contributed by atoms with Crippen molar-refractivity contribution in [1.29, 1.82) is 0 Å². The van der Waals surface area contributed by atoms with Crippen LogP contribution in [0.1, 0.15) is 46.5 Å². The molecule has 0 aromatic heterocycles. The average Bonchev–Trinajstić information content (AvgIpc) is 2.38. The van der Waals surface area contributed by atoms with Crippen LogP contribution in [0.4, 0.5) is 0 Å². The third-order valence-corrected chi connectivity index (χ3v) is 3.58. The number of likely N-dealkylation sites (tertiary alicyclic amines) is 1. The van der Waals surface area contributed by atoms with Crippen LogP contribution in [-0.4, -0.2) is 47.1 Å². The van der Waals surface area contributed by atoms with E-state index in [4.69, 9.17) is 0 Å². The van der Waals surface area contributed by atoms with Crippen molar-refractivity contribution in [3.63, 3.8) is 0 Å². The highest BCUT2D eigenvalue weighted by Gasteiger charge is 2.24. The lowest BCUT2D eigenvalue weighted by Crippen LogP contribution is -2.49. The lowest BCUT2D eigenvalue weighted by atomic mass is 10.0. The van der Waals surface area contributed by atoms with Gasteiger partial charge in [-0.05, 0) is 32.1 Å². The number of hydrogen-bond donors (Lipinski definition) is 2. The van der Waals surface area contributed by atoms with E-state index in [2.05, 4.69) is 5.32 Å². The van der Waals surface area contributed by atoms with Crippen molar-refractivity contribution in [2.75, 3.05) is 13.1 Å². The zero-order valence-electron chi connectivity index (χ0n) is 12.2. The predicted molar refractivity (Wildman–Crippen MR) is 73.5 cm³/mol. The minimum absolute atomic E-state index is 0.0212. The van der Waals surface area contributed by atoms with Crippen LogP contribution in [0.3, 0.4) is 0 Å². The molecule has 0 aromatic carbocycles. The molecule has 1 heterocycles. The standard InChI is InChI=1S/C14H26N2O3/c1-10(2)12(17)9-13(18)15-11(3)14(19)16-7-5-4-6-8-16/h10-12,17H,4-9H2,1-3H3,(H,15,18)/t11-,12?/m0/s1. The summed E-state index contributed by atoms with van der Waals surface area (Å²) in [7, 11) is 0. The minimum atomic E-state index is -0.655. The Labute approximate surface area is 115 Å². The summed E-state index contributed by atoms with van der Waals surface area (Å²) in [6.07, 6.45) is 2.65. The van der Waals surface area contributed by atoms with E-state index in [9.17, 15) is 14.7 Å². The van der Waals surface area contributed by atoms with E-state index in [1.807, 2.05) is 18.7 Å². The maximum atomic E-state index is 12.1. The maximum Gasteiger partial charge on any atom is 0.244 e. The van der Waals surface area contributed by atoms with Crippen molar-refractivity contribution in [1.82, 2.24) is 10.2 Å². The number of carbonyl (C=O) groups excluding carboxylic acids is 2. The fourth-order valence-electron chi connectivity index (χ4n) is 2.18. The van der Waals surface area contributed by atoms with E-state index >= 15 is 0 Å². The first-order chi connectivity index (χ1) is 8.91. The van der Waals surface area contributed by atoms with Crippen LogP contribution in [0.25, 0.3) is 0 Å². The van der Waals surface area contributed by atoms with Gasteiger partial charge in [-0.15, -0.1) is 0 Å². The Hall–Kier alpha value is -1.10. The van der Waals surface area contributed by atoms with Gasteiger partial charge in [0.05, 0.1) is 12.5 Å². The summed E-state index contributed by atoms with van der Waals surface area (Å²) in [5, 5.41) is 12.3. The number of hydrogen-bond acceptors (Lipinski definition) is 3. The highest BCUT2D eigenvalue weighted by atomic mass is 16.3. The van der Waals surface area contributed by atoms with Gasteiger partial charge in [0.1, 0.15) is 6.04 Å². The first kappa shape index (κ1) is 16.0. The van der Waals surface area contributed by atoms with Gasteiger partial charge < -0.3 is 15.3 Å². The number of amides is 2. The number of nitrogens with zero attached hydrogens (tertiary/aromatic N) is 1. The molecule has 5 heteroatoms. The van der Waals surface area contributed by atoms with Gasteiger partial charge in [0.2, 0.25) is 11.8 Å². The molecule has 1 aliphatic heterocycles. The summed E-state index contributed by atoms with van der Waals surface area (Å²) in [6.45, 7) is 7.00. The second-order valence-corrected chi connectivity index (χ2v) is 5.69. The molecule has 0 bridgehead atoms.